The Morgan fingerprint density at radius 2 is 2.00 bits per heavy atom. The predicted octanol–water partition coefficient (Wildman–Crippen LogP) is 2.44. The fraction of sp³-hybridized carbons (Fsp3) is 0.783. The zero-order valence-corrected chi connectivity index (χ0v) is 17.3. The van der Waals surface area contributed by atoms with E-state index in [0.29, 0.717) is 0 Å². The van der Waals surface area contributed by atoms with Gasteiger partial charge in [-0.1, -0.05) is 19.4 Å². The Balaban J connectivity index is 1.84. The number of rotatable bonds is 3. The average molecular weight is 429 g/mol. The molecule has 3 saturated carbocycles. The van der Waals surface area contributed by atoms with Crippen molar-refractivity contribution in [2.24, 2.45) is 22.7 Å². The molecule has 2 N–H and O–H groups in total. The van der Waals surface area contributed by atoms with Crippen LogP contribution >= 0.6 is 0 Å². The molecule has 6 nitrogen and oxygen atoms in total. The number of alkyl halides is 1. The molecule has 7 heteroatoms. The fourth-order valence-corrected chi connectivity index (χ4v) is 6.48. The molecule has 0 spiro atoms. The number of ketones is 2. The summed E-state index contributed by atoms with van der Waals surface area (Å²) in [6.07, 6.45) is -7.80. The second-order valence-electron chi connectivity index (χ2n) is 9.53. The standard InChI is InChI=1S/C23H31FO6/c1-13(25)30-12-19(28)22(29)9-7-16-17-5-4-14-10-15(26)6-8-20(14,2)23(17,24)18(27)11-21(16,22)3/h10,16-18,27,29H,4-9,11-12H2,1-3H3/t16?,17?,18-,20-,21-,22-,23-/m0/s1/i4D2,6D2,12D2. The van der Waals surface area contributed by atoms with Gasteiger partial charge in [0.25, 0.3) is 0 Å². The van der Waals surface area contributed by atoms with Gasteiger partial charge in [-0.05, 0) is 50.5 Å². The molecule has 0 saturated heterocycles. The number of hydrogen-bond donors (Lipinski definition) is 2. The highest BCUT2D eigenvalue weighted by Gasteiger charge is 2.74. The van der Waals surface area contributed by atoms with Crippen molar-refractivity contribution in [1.82, 2.24) is 0 Å². The van der Waals surface area contributed by atoms with Crippen molar-refractivity contribution in [3.05, 3.63) is 11.6 Å². The summed E-state index contributed by atoms with van der Waals surface area (Å²) in [4.78, 5) is 36.9. The minimum Gasteiger partial charge on any atom is -0.458 e. The summed E-state index contributed by atoms with van der Waals surface area (Å²) in [5.74, 6) is -5.67. The third kappa shape index (κ3) is 2.57. The lowest BCUT2D eigenvalue weighted by molar-refractivity contribution is -0.227. The number of allylic oxidation sites excluding steroid dienone is 1. The molecule has 0 aliphatic heterocycles. The Kier molecular flexibility index (Phi) is 3.40. The van der Waals surface area contributed by atoms with Crippen molar-refractivity contribution < 1.29 is 41.9 Å². The first-order valence-electron chi connectivity index (χ1n) is 13.2. The highest BCUT2D eigenvalue weighted by atomic mass is 19.1. The van der Waals surface area contributed by atoms with Crippen LogP contribution in [0.25, 0.3) is 0 Å². The summed E-state index contributed by atoms with van der Waals surface area (Å²) >= 11 is 0. The third-order valence-electron chi connectivity index (χ3n) is 8.22. The van der Waals surface area contributed by atoms with Gasteiger partial charge in [-0.25, -0.2) is 4.39 Å². The van der Waals surface area contributed by atoms with Gasteiger partial charge in [-0.15, -0.1) is 0 Å². The topological polar surface area (TPSA) is 101 Å². The van der Waals surface area contributed by atoms with E-state index >= 15 is 4.39 Å². The zero-order valence-electron chi connectivity index (χ0n) is 23.3. The van der Waals surface area contributed by atoms with Gasteiger partial charge in [0.05, 0.1) is 8.85 Å². The maximum absolute atomic E-state index is 17.4. The van der Waals surface area contributed by atoms with Gasteiger partial charge in [0.1, 0.15) is 11.3 Å². The lowest BCUT2D eigenvalue weighted by Gasteiger charge is -2.63. The molecule has 166 valence electrons. The number of aliphatic hydroxyl groups is 2. The van der Waals surface area contributed by atoms with Gasteiger partial charge in [-0.2, -0.15) is 0 Å². The summed E-state index contributed by atoms with van der Waals surface area (Å²) < 4.78 is 71.4. The minimum absolute atomic E-state index is 0.00498. The number of Topliss-reactive ketones (excluding diaryl/α,β-unsaturated/α-hetero) is 1. The molecule has 0 aromatic rings. The largest absolute Gasteiger partial charge is 0.458 e. The fourth-order valence-electron chi connectivity index (χ4n) is 6.48. The van der Waals surface area contributed by atoms with Crippen LogP contribution in [0.15, 0.2) is 11.6 Å². The van der Waals surface area contributed by atoms with Crippen molar-refractivity contribution in [3.8, 4) is 0 Å². The van der Waals surface area contributed by atoms with E-state index in [4.69, 9.17) is 8.22 Å². The average Bonchev–Trinajstić information content (AvgIpc) is 2.96. The number of aliphatic hydroxyl groups excluding tert-OH is 1. The molecule has 30 heavy (non-hydrogen) atoms. The number of halogens is 1. The van der Waals surface area contributed by atoms with Crippen molar-refractivity contribution >= 4 is 17.5 Å². The van der Waals surface area contributed by atoms with E-state index in [2.05, 4.69) is 4.74 Å². The highest BCUT2D eigenvalue weighted by molar-refractivity contribution is 5.92. The number of carbonyl (C=O) groups is 3. The molecule has 4 rings (SSSR count). The van der Waals surface area contributed by atoms with Crippen LogP contribution in [0.3, 0.4) is 0 Å². The van der Waals surface area contributed by atoms with Crippen LogP contribution in [0.1, 0.15) is 73.8 Å². The number of esters is 1. The van der Waals surface area contributed by atoms with Crippen LogP contribution in [-0.4, -0.2) is 51.7 Å². The quantitative estimate of drug-likeness (QED) is 0.670. The molecule has 4 aliphatic rings. The first kappa shape index (κ1) is 15.2. The van der Waals surface area contributed by atoms with Crippen LogP contribution in [-0.2, 0) is 19.1 Å². The minimum atomic E-state index is -3.18. The lowest BCUT2D eigenvalue weighted by Crippen LogP contribution is -2.69. The highest BCUT2D eigenvalue weighted by Crippen LogP contribution is 2.70. The van der Waals surface area contributed by atoms with E-state index in [9.17, 15) is 24.6 Å². The van der Waals surface area contributed by atoms with Gasteiger partial charge in [0.2, 0.25) is 5.78 Å². The van der Waals surface area contributed by atoms with Gasteiger partial charge < -0.3 is 14.9 Å². The molecule has 7 atom stereocenters. The van der Waals surface area contributed by atoms with E-state index in [1.807, 2.05) is 0 Å². The zero-order chi connectivity index (χ0) is 27.5. The molecule has 4 aliphatic carbocycles. The molecule has 0 heterocycles. The Hall–Kier alpha value is -1.60. The van der Waals surface area contributed by atoms with E-state index in [1.165, 1.54) is 13.8 Å². The third-order valence-corrected chi connectivity index (χ3v) is 8.22. The van der Waals surface area contributed by atoms with Crippen molar-refractivity contribution in [3.63, 3.8) is 0 Å². The van der Waals surface area contributed by atoms with E-state index < -0.39 is 96.1 Å². The summed E-state index contributed by atoms with van der Waals surface area (Å²) in [7, 11) is 0. The van der Waals surface area contributed by atoms with Gasteiger partial charge >= 0.3 is 5.97 Å². The van der Waals surface area contributed by atoms with Gasteiger partial charge in [-0.3, -0.25) is 14.4 Å². The second kappa shape index (κ2) is 6.70. The molecule has 0 aromatic carbocycles. The Morgan fingerprint density at radius 1 is 1.30 bits per heavy atom. The number of carbonyl (C=O) groups excluding carboxylic acids is 3. The molecule has 0 amide bonds. The maximum atomic E-state index is 17.4. The van der Waals surface area contributed by atoms with Crippen molar-refractivity contribution in [2.75, 3.05) is 6.56 Å². The van der Waals surface area contributed by atoms with Crippen LogP contribution in [0.5, 0.6) is 0 Å². The van der Waals surface area contributed by atoms with Gasteiger partial charge in [0.15, 0.2) is 12.3 Å². The van der Waals surface area contributed by atoms with Crippen LogP contribution < -0.4 is 0 Å². The molecular weight excluding hydrogens is 391 g/mol. The van der Waals surface area contributed by atoms with Crippen molar-refractivity contribution in [2.45, 2.75) is 83.0 Å². The van der Waals surface area contributed by atoms with E-state index in [-0.39, 0.29) is 18.4 Å². The Bertz CT molecular complexity index is 1080. The second-order valence-corrected chi connectivity index (χ2v) is 9.53. The van der Waals surface area contributed by atoms with Crippen LogP contribution in [0, 0.1) is 22.7 Å². The number of ether oxygens (including phenoxy) is 1. The molecule has 0 aromatic heterocycles. The first-order valence-corrected chi connectivity index (χ1v) is 10.2. The van der Waals surface area contributed by atoms with E-state index in [0.717, 1.165) is 13.0 Å². The lowest BCUT2D eigenvalue weighted by atomic mass is 9.44. The van der Waals surface area contributed by atoms with Crippen LogP contribution in [0.2, 0.25) is 0 Å². The van der Waals surface area contributed by atoms with Crippen LogP contribution in [0.4, 0.5) is 4.39 Å². The van der Waals surface area contributed by atoms with Gasteiger partial charge in [0, 0.05) is 35.5 Å². The molecule has 2 unspecified atom stereocenters. The Labute approximate surface area is 184 Å². The summed E-state index contributed by atoms with van der Waals surface area (Å²) in [5.41, 5.74) is -8.75. The number of fused-ring (bicyclic) bond motifs is 5. The first-order chi connectivity index (χ1) is 16.1. The maximum Gasteiger partial charge on any atom is 0.303 e. The normalized spacial score (nSPS) is 54.4. The molecule has 3 fully saturated rings. The Morgan fingerprint density at radius 3 is 2.67 bits per heavy atom. The van der Waals surface area contributed by atoms with E-state index in [1.54, 1.807) is 0 Å². The predicted molar refractivity (Wildman–Crippen MR) is 105 cm³/mol. The summed E-state index contributed by atoms with van der Waals surface area (Å²) in [6.45, 7) is 0.447. The molecule has 0 radical (unpaired) electrons. The molecule has 0 bridgehead atoms. The smallest absolute Gasteiger partial charge is 0.303 e. The molecular formula is C23H31FO6. The van der Waals surface area contributed by atoms with Crippen molar-refractivity contribution in [1.29, 1.82) is 0 Å². The monoisotopic (exact) mass is 428 g/mol. The summed E-state index contributed by atoms with van der Waals surface area (Å²) in [5, 5.41) is 22.9. The number of hydrogen-bond acceptors (Lipinski definition) is 6. The summed E-state index contributed by atoms with van der Waals surface area (Å²) in [6, 6.07) is 0. The SMILES string of the molecule is [2H]C1([2H])C[C@@]2(C)C(=CC1=O)C([2H])([2H])CC1C3CC[C@](O)(C(=O)C([2H])([2H])OC(C)=O)[C@@]3(C)C[C@H](O)[C@@]12F.